The van der Waals surface area contributed by atoms with Gasteiger partial charge in [-0.2, -0.15) is 0 Å². The fourth-order valence-electron chi connectivity index (χ4n) is 3.86. The van der Waals surface area contributed by atoms with E-state index in [1.165, 1.54) is 17.7 Å². The van der Waals surface area contributed by atoms with Gasteiger partial charge in [-0.1, -0.05) is 48.5 Å². The molecule has 1 N–H and O–H groups in total. The van der Waals surface area contributed by atoms with Crippen molar-refractivity contribution in [3.05, 3.63) is 56.2 Å². The lowest BCUT2D eigenvalue weighted by Crippen LogP contribution is -2.50. The Morgan fingerprint density at radius 3 is 2.63 bits per heavy atom. The van der Waals surface area contributed by atoms with Crippen molar-refractivity contribution in [1.82, 2.24) is 10.2 Å². The molecule has 0 radical (unpaired) electrons. The first-order chi connectivity index (χ1) is 13.0. The Labute approximate surface area is 175 Å². The molecule has 27 heavy (non-hydrogen) atoms. The van der Waals surface area contributed by atoms with Crippen LogP contribution in [0.1, 0.15) is 47.3 Å². The van der Waals surface area contributed by atoms with E-state index in [1.54, 1.807) is 29.5 Å². The van der Waals surface area contributed by atoms with Crippen LogP contribution in [0.25, 0.3) is 0 Å². The summed E-state index contributed by atoms with van der Waals surface area (Å²) in [6.45, 7) is 0.937. The summed E-state index contributed by atoms with van der Waals surface area (Å²) < 4.78 is 0. The first-order valence-corrected chi connectivity index (χ1v) is 11.2. The highest BCUT2D eigenvalue weighted by Crippen LogP contribution is 2.25. The first kappa shape index (κ1) is 20.7. The van der Waals surface area contributed by atoms with E-state index in [2.05, 4.69) is 22.8 Å². The Hall–Kier alpha value is -1.07. The van der Waals surface area contributed by atoms with Gasteiger partial charge in [-0.05, 0) is 48.9 Å². The van der Waals surface area contributed by atoms with Crippen molar-refractivity contribution in [2.45, 2.75) is 50.6 Å². The molecule has 6 heteroatoms. The van der Waals surface area contributed by atoms with Gasteiger partial charge in [-0.15, -0.1) is 11.3 Å². The second-order valence-corrected chi connectivity index (χ2v) is 9.07. The molecule has 1 fully saturated rings. The van der Waals surface area contributed by atoms with E-state index in [0.29, 0.717) is 21.7 Å². The zero-order chi connectivity index (χ0) is 19.2. The lowest BCUT2D eigenvalue weighted by atomic mass is 10.0. The highest BCUT2D eigenvalue weighted by Gasteiger charge is 2.30. The second-order valence-electron chi connectivity index (χ2n) is 7.17. The molecule has 146 valence electrons. The third kappa shape index (κ3) is 5.71. The molecule has 2 unspecified atom stereocenters. The van der Waals surface area contributed by atoms with Crippen LogP contribution in [0.4, 0.5) is 0 Å². The monoisotopic (exact) mass is 424 g/mol. The Morgan fingerprint density at radius 1 is 1.19 bits per heavy atom. The molecule has 3 nitrogen and oxygen atoms in total. The average Bonchev–Trinajstić information content (AvgIpc) is 3.04. The Balaban J connectivity index is 1.68. The van der Waals surface area contributed by atoms with E-state index in [0.717, 1.165) is 32.2 Å². The molecule has 1 aliphatic carbocycles. The van der Waals surface area contributed by atoms with Crippen molar-refractivity contribution >= 4 is 40.4 Å². The van der Waals surface area contributed by atoms with Gasteiger partial charge in [-0.25, -0.2) is 0 Å². The number of likely N-dealkylation sites (N-methyl/N-ethyl adjacent to an activating group) is 1. The summed E-state index contributed by atoms with van der Waals surface area (Å²) in [6.07, 6.45) is 6.74. The fraction of sp³-hybridized carbons (Fsp3) is 0.476. The van der Waals surface area contributed by atoms with E-state index >= 15 is 0 Å². The minimum atomic E-state index is -0.0173. The summed E-state index contributed by atoms with van der Waals surface area (Å²) in [5.41, 5.74) is 0.552. The highest BCUT2D eigenvalue weighted by atomic mass is 35.5. The highest BCUT2D eigenvalue weighted by molar-refractivity contribution is 7.09. The zero-order valence-corrected chi connectivity index (χ0v) is 17.9. The average molecular weight is 425 g/mol. The molecule has 1 heterocycles. The lowest BCUT2D eigenvalue weighted by molar-refractivity contribution is 0.0685. The largest absolute Gasteiger partial charge is 0.337 e. The molecule has 1 aliphatic rings. The Bertz CT molecular complexity index is 730. The normalized spacial score (nSPS) is 20.3. The van der Waals surface area contributed by atoms with Crippen molar-refractivity contribution in [3.63, 3.8) is 0 Å². The van der Waals surface area contributed by atoms with Crippen LogP contribution in [0.15, 0.2) is 35.7 Å². The number of halogens is 2. The summed E-state index contributed by atoms with van der Waals surface area (Å²) in [5.74, 6) is -0.0173. The predicted octanol–water partition coefficient (Wildman–Crippen LogP) is 5.66. The van der Waals surface area contributed by atoms with E-state index in [4.69, 9.17) is 23.2 Å². The molecule has 0 bridgehead atoms. The molecule has 0 saturated heterocycles. The number of hydrogen-bond acceptors (Lipinski definition) is 3. The van der Waals surface area contributed by atoms with Gasteiger partial charge in [0, 0.05) is 46.2 Å². The number of nitrogens with one attached hydrogen (secondary N) is 1. The molecule has 0 spiro atoms. The van der Waals surface area contributed by atoms with Gasteiger partial charge in [0.25, 0.3) is 5.91 Å². The third-order valence-corrected chi connectivity index (χ3v) is 6.64. The number of hydrogen-bond donors (Lipinski definition) is 1. The summed E-state index contributed by atoms with van der Waals surface area (Å²) in [6, 6.07) is 9.81. The summed E-state index contributed by atoms with van der Waals surface area (Å²) >= 11 is 14.0. The summed E-state index contributed by atoms with van der Waals surface area (Å²) in [5, 5.41) is 6.82. The number of thiophene rings is 1. The molecule has 1 aromatic carbocycles. The summed E-state index contributed by atoms with van der Waals surface area (Å²) in [7, 11) is 1.90. The molecular weight excluding hydrogens is 399 g/mol. The fourth-order valence-corrected chi connectivity index (χ4v) is 5.09. The second kappa shape index (κ2) is 9.92. The predicted molar refractivity (Wildman–Crippen MR) is 115 cm³/mol. The molecule has 1 amide bonds. The zero-order valence-electron chi connectivity index (χ0n) is 15.6. The maximum atomic E-state index is 13.0. The molecule has 2 aromatic rings. The molecule has 3 rings (SSSR count). The van der Waals surface area contributed by atoms with Crippen LogP contribution >= 0.6 is 34.5 Å². The van der Waals surface area contributed by atoms with Crippen molar-refractivity contribution in [2.24, 2.45) is 0 Å². The number of nitrogens with zero attached hydrogens (tertiary/aromatic N) is 1. The van der Waals surface area contributed by atoms with Crippen LogP contribution in [0.2, 0.25) is 10.0 Å². The van der Waals surface area contributed by atoms with Crippen LogP contribution in [-0.2, 0) is 6.42 Å². The molecule has 0 aliphatic heterocycles. The number of carbonyl (C=O) groups is 1. The van der Waals surface area contributed by atoms with Crippen molar-refractivity contribution in [2.75, 3.05) is 13.6 Å². The molecular formula is C21H26Cl2N2OS. The number of amides is 1. The number of rotatable bonds is 6. The van der Waals surface area contributed by atoms with E-state index < -0.39 is 0 Å². The van der Waals surface area contributed by atoms with Crippen molar-refractivity contribution in [3.8, 4) is 0 Å². The Kier molecular flexibility index (Phi) is 7.59. The van der Waals surface area contributed by atoms with Gasteiger partial charge >= 0.3 is 0 Å². The van der Waals surface area contributed by atoms with Gasteiger partial charge in [0.2, 0.25) is 0 Å². The standard InChI is InChI=1S/C21H26Cl2N2OS/c1-25(21(26)15-12-16(22)14-17(23)13-15)20-8-4-2-3-7-19(20)24-10-9-18-6-5-11-27-18/h5-6,11-14,19-20,24H,2-4,7-10H2,1H3. The van der Waals surface area contributed by atoms with Crippen LogP contribution in [0.3, 0.4) is 0 Å². The smallest absolute Gasteiger partial charge is 0.254 e. The minimum absolute atomic E-state index is 0.0173. The van der Waals surface area contributed by atoms with Crippen LogP contribution in [-0.4, -0.2) is 36.5 Å². The van der Waals surface area contributed by atoms with Crippen LogP contribution in [0, 0.1) is 0 Å². The summed E-state index contributed by atoms with van der Waals surface area (Å²) in [4.78, 5) is 16.3. The lowest BCUT2D eigenvalue weighted by Gasteiger charge is -2.34. The third-order valence-electron chi connectivity index (χ3n) is 5.26. The molecule has 2 atom stereocenters. The van der Waals surface area contributed by atoms with E-state index in [1.807, 2.05) is 11.9 Å². The Morgan fingerprint density at radius 2 is 1.93 bits per heavy atom. The van der Waals surface area contributed by atoms with Crippen molar-refractivity contribution < 1.29 is 4.79 Å². The topological polar surface area (TPSA) is 32.3 Å². The van der Waals surface area contributed by atoms with Crippen LogP contribution in [0.5, 0.6) is 0 Å². The van der Waals surface area contributed by atoms with Gasteiger partial charge in [-0.3, -0.25) is 4.79 Å². The van der Waals surface area contributed by atoms with Gasteiger partial charge in [0.05, 0.1) is 0 Å². The van der Waals surface area contributed by atoms with E-state index in [9.17, 15) is 4.79 Å². The maximum absolute atomic E-state index is 13.0. The van der Waals surface area contributed by atoms with E-state index in [-0.39, 0.29) is 11.9 Å². The quantitative estimate of drug-likeness (QED) is 0.606. The first-order valence-electron chi connectivity index (χ1n) is 9.53. The number of benzene rings is 1. The molecule has 1 aromatic heterocycles. The van der Waals surface area contributed by atoms with Gasteiger partial charge < -0.3 is 10.2 Å². The number of carbonyl (C=O) groups excluding carboxylic acids is 1. The van der Waals surface area contributed by atoms with Crippen molar-refractivity contribution in [1.29, 1.82) is 0 Å². The van der Waals surface area contributed by atoms with Crippen LogP contribution < -0.4 is 5.32 Å². The minimum Gasteiger partial charge on any atom is -0.337 e. The van der Waals surface area contributed by atoms with Gasteiger partial charge in [0.15, 0.2) is 0 Å². The SMILES string of the molecule is CN(C(=O)c1cc(Cl)cc(Cl)c1)C1CCCCCC1NCCc1cccs1. The molecule has 1 saturated carbocycles. The maximum Gasteiger partial charge on any atom is 0.254 e. The van der Waals surface area contributed by atoms with Gasteiger partial charge in [0.1, 0.15) is 0 Å².